The lowest BCUT2D eigenvalue weighted by Gasteiger charge is -2.37. The minimum atomic E-state index is -0.846. The van der Waals surface area contributed by atoms with Crippen LogP contribution in [-0.2, 0) is 0 Å². The number of benzene rings is 1. The lowest BCUT2D eigenvalue weighted by molar-refractivity contribution is 0.121. The van der Waals surface area contributed by atoms with E-state index >= 15 is 0 Å². The van der Waals surface area contributed by atoms with Gasteiger partial charge in [0.15, 0.2) is 11.6 Å². The van der Waals surface area contributed by atoms with Gasteiger partial charge in [0.1, 0.15) is 0 Å². The number of halogens is 2. The van der Waals surface area contributed by atoms with Crippen LogP contribution in [0.25, 0.3) is 0 Å². The van der Waals surface area contributed by atoms with E-state index in [1.54, 1.807) is 19.1 Å². The Morgan fingerprint density at radius 1 is 0.840 bits per heavy atom. The number of hydrogen-bond acceptors (Lipinski definition) is 1. The minimum absolute atomic E-state index is 0.0584. The van der Waals surface area contributed by atoms with Gasteiger partial charge < -0.3 is 4.74 Å². The summed E-state index contributed by atoms with van der Waals surface area (Å²) in [6, 6.07) is 3.13. The molecule has 0 saturated heterocycles. The number of aryl methyl sites for hydroxylation is 1. The van der Waals surface area contributed by atoms with Crippen molar-refractivity contribution >= 4 is 0 Å². The molecule has 0 aromatic heterocycles. The highest BCUT2D eigenvalue weighted by Gasteiger charge is 2.30. The Hall–Kier alpha value is -1.12. The standard InChI is InChI=1S/C22H32F2O/c1-3-16-5-9-18(10-6-16)19-11-7-17(8-12-19)14-25-20-13-4-15(2)21(23)22(20)24/h4,13,16-19H,3,5-12,14H2,1-2H3. The van der Waals surface area contributed by atoms with Gasteiger partial charge in [-0.3, -0.25) is 0 Å². The third kappa shape index (κ3) is 4.54. The van der Waals surface area contributed by atoms with Gasteiger partial charge in [-0.2, -0.15) is 4.39 Å². The second-order valence-electron chi connectivity index (χ2n) is 8.29. The monoisotopic (exact) mass is 350 g/mol. The maximum Gasteiger partial charge on any atom is 0.200 e. The van der Waals surface area contributed by atoms with Crippen LogP contribution in [0.4, 0.5) is 8.78 Å². The third-order valence-corrected chi connectivity index (χ3v) is 6.74. The Kier molecular flexibility index (Phi) is 6.35. The fourth-order valence-electron chi connectivity index (χ4n) is 4.84. The summed E-state index contributed by atoms with van der Waals surface area (Å²) in [6.45, 7) is 4.39. The van der Waals surface area contributed by atoms with E-state index in [2.05, 4.69) is 6.92 Å². The van der Waals surface area contributed by atoms with Crippen molar-refractivity contribution < 1.29 is 13.5 Å². The molecule has 140 valence electrons. The normalized spacial score (nSPS) is 30.2. The molecule has 0 N–H and O–H groups in total. The first-order chi connectivity index (χ1) is 12.1. The molecule has 1 nitrogen and oxygen atoms in total. The quantitative estimate of drug-likeness (QED) is 0.576. The molecule has 0 spiro atoms. The highest BCUT2D eigenvalue weighted by Crippen LogP contribution is 2.42. The van der Waals surface area contributed by atoms with Crippen molar-refractivity contribution in [3.05, 3.63) is 29.3 Å². The average Bonchev–Trinajstić information content (AvgIpc) is 2.66. The first kappa shape index (κ1) is 18.7. The van der Waals surface area contributed by atoms with Gasteiger partial charge in [-0.1, -0.05) is 32.3 Å². The van der Waals surface area contributed by atoms with Crippen LogP contribution in [0.5, 0.6) is 5.75 Å². The van der Waals surface area contributed by atoms with Crippen molar-refractivity contribution in [2.45, 2.75) is 71.6 Å². The molecule has 0 unspecified atom stereocenters. The molecule has 25 heavy (non-hydrogen) atoms. The van der Waals surface area contributed by atoms with Crippen LogP contribution in [0.1, 0.15) is 70.3 Å². The molecule has 0 atom stereocenters. The Morgan fingerprint density at radius 2 is 1.40 bits per heavy atom. The summed E-state index contributed by atoms with van der Waals surface area (Å²) in [6.07, 6.45) is 11.9. The van der Waals surface area contributed by atoms with Gasteiger partial charge in [-0.15, -0.1) is 0 Å². The average molecular weight is 350 g/mol. The largest absolute Gasteiger partial charge is 0.490 e. The minimum Gasteiger partial charge on any atom is -0.490 e. The zero-order valence-electron chi connectivity index (χ0n) is 15.7. The van der Waals surface area contributed by atoms with E-state index < -0.39 is 11.6 Å². The lowest BCUT2D eigenvalue weighted by Crippen LogP contribution is -2.27. The molecule has 3 heteroatoms. The van der Waals surface area contributed by atoms with Crippen LogP contribution in [0, 0.1) is 42.2 Å². The predicted octanol–water partition coefficient (Wildman–Crippen LogP) is 6.67. The molecular weight excluding hydrogens is 318 g/mol. The molecule has 3 rings (SSSR count). The SMILES string of the molecule is CCC1CCC(C2CCC(COc3ccc(C)c(F)c3F)CC2)CC1. The third-order valence-electron chi connectivity index (χ3n) is 6.74. The van der Waals surface area contributed by atoms with Gasteiger partial charge in [-0.05, 0) is 80.8 Å². The summed E-state index contributed by atoms with van der Waals surface area (Å²) in [5.74, 6) is 1.67. The van der Waals surface area contributed by atoms with Gasteiger partial charge in [0, 0.05) is 0 Å². The van der Waals surface area contributed by atoms with Crippen LogP contribution in [0.3, 0.4) is 0 Å². The van der Waals surface area contributed by atoms with E-state index in [9.17, 15) is 8.78 Å². The summed E-state index contributed by atoms with van der Waals surface area (Å²) < 4.78 is 33.1. The van der Waals surface area contributed by atoms with Gasteiger partial charge in [-0.25, -0.2) is 4.39 Å². The van der Waals surface area contributed by atoms with E-state index in [1.807, 2.05) is 0 Å². The van der Waals surface area contributed by atoms with Crippen molar-refractivity contribution in [2.75, 3.05) is 6.61 Å². The highest BCUT2D eigenvalue weighted by molar-refractivity contribution is 5.30. The first-order valence-electron chi connectivity index (χ1n) is 10.2. The van der Waals surface area contributed by atoms with Crippen molar-refractivity contribution in [3.63, 3.8) is 0 Å². The molecule has 0 radical (unpaired) electrons. The maximum atomic E-state index is 13.9. The smallest absolute Gasteiger partial charge is 0.200 e. The van der Waals surface area contributed by atoms with Gasteiger partial charge >= 0.3 is 0 Å². The summed E-state index contributed by atoms with van der Waals surface area (Å²) in [7, 11) is 0. The van der Waals surface area contributed by atoms with E-state index in [1.165, 1.54) is 44.9 Å². The van der Waals surface area contributed by atoms with Gasteiger partial charge in [0.2, 0.25) is 5.82 Å². The Morgan fingerprint density at radius 3 is 1.96 bits per heavy atom. The number of ether oxygens (including phenoxy) is 1. The van der Waals surface area contributed by atoms with Gasteiger partial charge in [0.25, 0.3) is 0 Å². The van der Waals surface area contributed by atoms with E-state index in [-0.39, 0.29) is 5.75 Å². The van der Waals surface area contributed by atoms with Crippen molar-refractivity contribution in [3.8, 4) is 5.75 Å². The van der Waals surface area contributed by atoms with Crippen LogP contribution in [0.2, 0.25) is 0 Å². The topological polar surface area (TPSA) is 9.23 Å². The Balaban J connectivity index is 1.43. The molecule has 0 aliphatic heterocycles. The molecule has 2 aliphatic carbocycles. The van der Waals surface area contributed by atoms with Crippen molar-refractivity contribution in [1.29, 1.82) is 0 Å². The van der Waals surface area contributed by atoms with Crippen molar-refractivity contribution in [1.82, 2.24) is 0 Å². The molecule has 2 fully saturated rings. The van der Waals surface area contributed by atoms with Crippen LogP contribution in [-0.4, -0.2) is 6.61 Å². The summed E-state index contributed by atoms with van der Waals surface area (Å²) >= 11 is 0. The number of hydrogen-bond donors (Lipinski definition) is 0. The molecule has 2 aliphatic rings. The Labute approximate surface area is 151 Å². The molecule has 2 saturated carbocycles. The fourth-order valence-corrected chi connectivity index (χ4v) is 4.84. The fraction of sp³-hybridized carbons (Fsp3) is 0.727. The Bertz CT molecular complexity index is 555. The summed E-state index contributed by atoms with van der Waals surface area (Å²) in [5.41, 5.74) is 0.322. The second kappa shape index (κ2) is 8.51. The lowest BCUT2D eigenvalue weighted by atomic mass is 9.69. The second-order valence-corrected chi connectivity index (χ2v) is 8.29. The molecular formula is C22H32F2O. The van der Waals surface area contributed by atoms with Gasteiger partial charge in [0.05, 0.1) is 6.61 Å². The van der Waals surface area contributed by atoms with Crippen molar-refractivity contribution in [2.24, 2.45) is 23.7 Å². The molecule has 0 amide bonds. The first-order valence-corrected chi connectivity index (χ1v) is 10.2. The molecule has 1 aromatic carbocycles. The van der Waals surface area contributed by atoms with E-state index in [0.717, 1.165) is 30.6 Å². The summed E-state index contributed by atoms with van der Waals surface area (Å²) in [5, 5.41) is 0. The van der Waals surface area contributed by atoms with Crippen LogP contribution >= 0.6 is 0 Å². The van der Waals surface area contributed by atoms with Crippen LogP contribution in [0.15, 0.2) is 12.1 Å². The number of rotatable bonds is 5. The predicted molar refractivity (Wildman–Crippen MR) is 97.8 cm³/mol. The zero-order chi connectivity index (χ0) is 17.8. The molecule has 1 aromatic rings. The molecule has 0 bridgehead atoms. The highest BCUT2D eigenvalue weighted by atomic mass is 19.2. The van der Waals surface area contributed by atoms with E-state index in [0.29, 0.717) is 18.1 Å². The van der Waals surface area contributed by atoms with E-state index in [4.69, 9.17) is 4.74 Å². The zero-order valence-corrected chi connectivity index (χ0v) is 15.7. The molecule has 0 heterocycles. The van der Waals surface area contributed by atoms with Crippen LogP contribution < -0.4 is 4.74 Å². The summed E-state index contributed by atoms with van der Waals surface area (Å²) in [4.78, 5) is 0. The maximum absolute atomic E-state index is 13.9.